The molecule has 3 heterocycles. The van der Waals surface area contributed by atoms with E-state index < -0.39 is 8.07 Å². The molecule has 0 saturated carbocycles. The van der Waals surface area contributed by atoms with Crippen molar-refractivity contribution < 1.29 is 0 Å². The van der Waals surface area contributed by atoms with Gasteiger partial charge in [-0.3, -0.25) is 0 Å². The van der Waals surface area contributed by atoms with E-state index in [2.05, 4.69) is 140 Å². The van der Waals surface area contributed by atoms with Gasteiger partial charge in [-0.1, -0.05) is 44.3 Å². The summed E-state index contributed by atoms with van der Waals surface area (Å²) in [5.74, 6) is 0.533. The minimum absolute atomic E-state index is 0.00430. The second-order valence-corrected chi connectivity index (χ2v) is 18.5. The van der Waals surface area contributed by atoms with Crippen LogP contribution in [0.4, 0.5) is 5.69 Å². The third-order valence-electron chi connectivity index (χ3n) is 10.4. The Morgan fingerprint density at radius 1 is 0.897 bits per heavy atom. The standard InChI is InChI=1S/C36H45N2Si/c1-22-14-12-13-15-25(22)34-28-16-26-23(2)20-35(4,5)37(8)30(26)18-32(28)39(10,11)33-19-31-27(17-29(33)34)24(3)21-36(6,7)38(31)9/h12-20,24H,21H2,1-11H3/q+1. The van der Waals surface area contributed by atoms with Gasteiger partial charge in [0, 0.05) is 43.8 Å². The fourth-order valence-electron chi connectivity index (χ4n) is 7.69. The van der Waals surface area contributed by atoms with Gasteiger partial charge in [0.2, 0.25) is 5.36 Å². The van der Waals surface area contributed by atoms with E-state index in [1.165, 1.54) is 61.6 Å². The normalized spacial score (nSPS) is 22.0. The van der Waals surface area contributed by atoms with Crippen LogP contribution in [0.15, 0.2) is 54.6 Å². The summed E-state index contributed by atoms with van der Waals surface area (Å²) in [6, 6.07) is 19.3. The van der Waals surface area contributed by atoms with Crippen LogP contribution >= 0.6 is 0 Å². The number of rotatable bonds is 1. The van der Waals surface area contributed by atoms with Crippen molar-refractivity contribution in [3.63, 3.8) is 0 Å². The Kier molecular flexibility index (Phi) is 5.60. The van der Waals surface area contributed by atoms with E-state index >= 15 is 0 Å². The molecular weight excluding hydrogens is 488 g/mol. The van der Waals surface area contributed by atoms with Gasteiger partial charge in [-0.25, -0.2) is 4.58 Å². The Morgan fingerprint density at radius 2 is 1.59 bits per heavy atom. The molecule has 3 aliphatic rings. The molecule has 3 aromatic rings. The van der Waals surface area contributed by atoms with E-state index in [0.29, 0.717) is 5.92 Å². The number of hydrogen-bond donors (Lipinski definition) is 0. The van der Waals surface area contributed by atoms with Gasteiger partial charge in [0.05, 0.1) is 0 Å². The Bertz CT molecular complexity index is 1720. The molecule has 0 bridgehead atoms. The summed E-state index contributed by atoms with van der Waals surface area (Å²) in [6.07, 6.45) is 3.61. The molecule has 2 nitrogen and oxygen atoms in total. The van der Waals surface area contributed by atoms with Crippen molar-refractivity contribution in [3.05, 3.63) is 93.0 Å². The summed E-state index contributed by atoms with van der Waals surface area (Å²) in [7, 11) is 2.53. The van der Waals surface area contributed by atoms with Crippen LogP contribution in [-0.4, -0.2) is 33.2 Å². The predicted molar refractivity (Wildman–Crippen MR) is 172 cm³/mol. The number of benzene rings is 3. The van der Waals surface area contributed by atoms with E-state index in [9.17, 15) is 0 Å². The highest BCUT2D eigenvalue weighted by atomic mass is 28.3. The van der Waals surface area contributed by atoms with Crippen LogP contribution in [0.2, 0.25) is 13.1 Å². The number of hydrogen-bond acceptors (Lipinski definition) is 1. The maximum Gasteiger partial charge on any atom is 0.207 e. The largest absolute Gasteiger partial charge is 0.369 e. The molecule has 0 N–H and O–H groups in total. The molecule has 3 aromatic carbocycles. The number of nitrogens with zero attached hydrogens (tertiary/aromatic N) is 2. The van der Waals surface area contributed by atoms with Gasteiger partial charge < -0.3 is 4.90 Å². The van der Waals surface area contributed by atoms with E-state index in [-0.39, 0.29) is 11.1 Å². The van der Waals surface area contributed by atoms with Crippen molar-refractivity contribution >= 4 is 35.3 Å². The molecule has 1 atom stereocenters. The summed E-state index contributed by atoms with van der Waals surface area (Å²) < 4.78 is 2.48. The summed E-state index contributed by atoms with van der Waals surface area (Å²) >= 11 is 0. The third-order valence-corrected chi connectivity index (χ3v) is 13.9. The molecule has 0 spiro atoms. The van der Waals surface area contributed by atoms with Gasteiger partial charge in [0.1, 0.15) is 15.1 Å². The van der Waals surface area contributed by atoms with Gasteiger partial charge in [0.15, 0.2) is 5.54 Å². The van der Waals surface area contributed by atoms with Crippen LogP contribution in [0.5, 0.6) is 0 Å². The zero-order valence-electron chi connectivity index (χ0n) is 25.9. The highest BCUT2D eigenvalue weighted by Crippen LogP contribution is 2.44. The number of likely N-dealkylation sites (N-methyl/N-ethyl adjacent to an activating group) is 1. The quantitative estimate of drug-likeness (QED) is 0.299. The lowest BCUT2D eigenvalue weighted by Crippen LogP contribution is -2.65. The van der Waals surface area contributed by atoms with Crippen molar-refractivity contribution in [2.24, 2.45) is 0 Å². The first-order valence-corrected chi connectivity index (χ1v) is 17.6. The molecule has 0 aliphatic carbocycles. The lowest BCUT2D eigenvalue weighted by molar-refractivity contribution is 0.395. The summed E-state index contributed by atoms with van der Waals surface area (Å²) in [6.45, 7) is 21.6. The first kappa shape index (κ1) is 26.3. The average Bonchev–Trinajstić information content (AvgIpc) is 2.85. The Morgan fingerprint density at radius 3 is 2.28 bits per heavy atom. The van der Waals surface area contributed by atoms with Crippen molar-refractivity contribution in [1.82, 2.24) is 4.58 Å². The summed E-state index contributed by atoms with van der Waals surface area (Å²) in [5, 5.41) is 5.96. The lowest BCUT2D eigenvalue weighted by atomic mass is 9.79. The lowest BCUT2D eigenvalue weighted by Gasteiger charge is -2.47. The molecule has 39 heavy (non-hydrogen) atoms. The first-order valence-electron chi connectivity index (χ1n) is 14.6. The van der Waals surface area contributed by atoms with Crippen molar-refractivity contribution in [3.8, 4) is 0 Å². The average molecular weight is 534 g/mol. The topological polar surface area (TPSA) is 6.25 Å². The highest BCUT2D eigenvalue weighted by molar-refractivity contribution is 7.01. The molecule has 6 rings (SSSR count). The highest BCUT2D eigenvalue weighted by Gasteiger charge is 2.41. The smallest absolute Gasteiger partial charge is 0.207 e. The van der Waals surface area contributed by atoms with Crippen molar-refractivity contribution in [2.75, 3.05) is 19.0 Å². The Labute approximate surface area is 236 Å². The van der Waals surface area contributed by atoms with Crippen LogP contribution < -0.4 is 30.4 Å². The second-order valence-electron chi connectivity index (χ2n) is 14.2. The monoisotopic (exact) mass is 533 g/mol. The minimum atomic E-state index is -2.03. The minimum Gasteiger partial charge on any atom is -0.369 e. The summed E-state index contributed by atoms with van der Waals surface area (Å²) in [4.78, 5) is 2.55. The Hall–Kier alpha value is -2.91. The van der Waals surface area contributed by atoms with Crippen LogP contribution in [0.1, 0.15) is 81.7 Å². The van der Waals surface area contributed by atoms with E-state index in [4.69, 9.17) is 0 Å². The molecule has 202 valence electrons. The van der Waals surface area contributed by atoms with Crippen LogP contribution in [0.25, 0.3) is 11.1 Å². The molecular formula is C36H45N2Si+. The van der Waals surface area contributed by atoms with Crippen molar-refractivity contribution in [1.29, 1.82) is 0 Å². The van der Waals surface area contributed by atoms with Gasteiger partial charge >= 0.3 is 0 Å². The Balaban J connectivity index is 1.81. The molecule has 3 heteroatoms. The molecule has 3 aliphatic heterocycles. The van der Waals surface area contributed by atoms with Crippen LogP contribution in [0.3, 0.4) is 0 Å². The molecule has 0 radical (unpaired) electrons. The van der Waals surface area contributed by atoms with Gasteiger partial charge in [-0.05, 0) is 113 Å². The van der Waals surface area contributed by atoms with Gasteiger partial charge in [0.25, 0.3) is 0 Å². The summed E-state index contributed by atoms with van der Waals surface area (Å²) in [5.41, 5.74) is 11.5. The second kappa shape index (κ2) is 8.30. The number of anilines is 1. The van der Waals surface area contributed by atoms with Crippen molar-refractivity contribution in [2.45, 2.75) is 85.0 Å². The molecule has 0 aromatic heterocycles. The maximum absolute atomic E-state index is 2.60. The zero-order chi connectivity index (χ0) is 28.2. The molecule has 0 amide bonds. The van der Waals surface area contributed by atoms with E-state index in [0.717, 1.165) is 0 Å². The van der Waals surface area contributed by atoms with Crippen LogP contribution in [-0.2, 0) is 0 Å². The van der Waals surface area contributed by atoms with Gasteiger partial charge in [-0.2, -0.15) is 0 Å². The number of fused-ring (bicyclic) bond motifs is 4. The van der Waals surface area contributed by atoms with E-state index in [1.807, 2.05) is 0 Å². The predicted octanol–water partition coefficient (Wildman–Crippen LogP) is 5.42. The first-order chi connectivity index (χ1) is 18.1. The zero-order valence-corrected chi connectivity index (χ0v) is 26.9. The van der Waals surface area contributed by atoms with Crippen LogP contribution in [0, 0.1) is 6.92 Å². The van der Waals surface area contributed by atoms with E-state index in [1.54, 1.807) is 10.4 Å². The van der Waals surface area contributed by atoms with Gasteiger partial charge in [-0.15, -0.1) is 0 Å². The fraction of sp³-hybridized carbons (Fsp3) is 0.417. The SMILES string of the molecule is CC1=CC(C)(C)[N+](C)=c2cc3c(cc21)=C(c1ccccc1C)c1cc2c(cc1[Si]3(C)C)N(C)C(C)(C)CC2C. The number of allylic oxidation sites excluding steroid dienone is 1. The molecule has 0 saturated heterocycles. The molecule has 1 unspecified atom stereocenters. The number of aryl methyl sites for hydroxylation is 1. The maximum atomic E-state index is 2.60. The third kappa shape index (κ3) is 3.69. The molecule has 0 fully saturated rings. The fourth-order valence-corrected chi connectivity index (χ4v) is 10.7.